The fourth-order valence-electron chi connectivity index (χ4n) is 2.71. The van der Waals surface area contributed by atoms with Crippen molar-refractivity contribution in [2.45, 2.75) is 6.92 Å². The first-order valence-corrected chi connectivity index (χ1v) is 11.6. The maximum absolute atomic E-state index is 14.5. The van der Waals surface area contributed by atoms with Crippen molar-refractivity contribution in [3.63, 3.8) is 0 Å². The molecule has 3 rings (SSSR count). The Balaban J connectivity index is 1.94. The van der Waals surface area contributed by atoms with E-state index in [9.17, 15) is 17.6 Å². The van der Waals surface area contributed by atoms with E-state index in [1.54, 1.807) is 29.8 Å². The molecule has 162 valence electrons. The van der Waals surface area contributed by atoms with E-state index in [-0.39, 0.29) is 26.7 Å². The number of carbonyl (C=O) groups is 1. The topological polar surface area (TPSA) is 85.4 Å². The molecule has 31 heavy (non-hydrogen) atoms. The molecule has 0 saturated heterocycles. The molecule has 1 heterocycles. The van der Waals surface area contributed by atoms with Crippen LogP contribution in [0.2, 0.25) is 15.1 Å². The minimum Gasteiger partial charge on any atom is -0.434 e. The molecule has 2 aromatic carbocycles. The third kappa shape index (κ3) is 5.46. The van der Waals surface area contributed by atoms with E-state index in [1.807, 2.05) is 0 Å². The number of hydrogen-bond donors (Lipinski definition) is 1. The number of nitrogens with zero attached hydrogens (tertiary/aromatic N) is 1. The molecule has 6 nitrogen and oxygen atoms in total. The third-order valence-corrected chi connectivity index (χ3v) is 5.50. The van der Waals surface area contributed by atoms with Crippen LogP contribution in [0.3, 0.4) is 0 Å². The van der Waals surface area contributed by atoms with Crippen LogP contribution >= 0.6 is 34.8 Å². The standard InChI is InChI=1S/C20H14Cl3FN2O4S/c1-10-6-13(19(27)26-31(2,28)29)17(24)8-12(10)11-7-16(23)20(25-9-11)30-18-14(21)4-3-5-15(18)22/h3-9H,1-2H3,(H,26,27). The van der Waals surface area contributed by atoms with Crippen molar-refractivity contribution >= 4 is 50.7 Å². The van der Waals surface area contributed by atoms with E-state index in [4.69, 9.17) is 39.5 Å². The summed E-state index contributed by atoms with van der Waals surface area (Å²) < 4.78 is 44.4. The SMILES string of the molecule is Cc1cc(C(=O)NS(C)(=O)=O)c(F)cc1-c1cnc(Oc2c(Cl)cccc2Cl)c(Cl)c1. The lowest BCUT2D eigenvalue weighted by molar-refractivity contribution is 0.0977. The van der Waals surface area contributed by atoms with E-state index < -0.39 is 27.3 Å². The summed E-state index contributed by atoms with van der Waals surface area (Å²) in [7, 11) is -3.83. The first kappa shape index (κ1) is 23.3. The third-order valence-electron chi connectivity index (χ3n) is 4.07. The summed E-state index contributed by atoms with van der Waals surface area (Å²) in [5.74, 6) is -1.73. The van der Waals surface area contributed by atoms with Crippen LogP contribution in [0.15, 0.2) is 42.6 Å². The van der Waals surface area contributed by atoms with Gasteiger partial charge < -0.3 is 4.74 Å². The predicted molar refractivity (Wildman–Crippen MR) is 118 cm³/mol. The van der Waals surface area contributed by atoms with Crippen molar-refractivity contribution in [3.8, 4) is 22.8 Å². The molecule has 0 aliphatic rings. The van der Waals surface area contributed by atoms with Gasteiger partial charge in [0.2, 0.25) is 15.9 Å². The maximum atomic E-state index is 14.5. The Bertz CT molecular complexity index is 1280. The van der Waals surface area contributed by atoms with Gasteiger partial charge in [0.1, 0.15) is 10.8 Å². The van der Waals surface area contributed by atoms with Gasteiger partial charge in [-0.2, -0.15) is 0 Å². The van der Waals surface area contributed by atoms with Crippen molar-refractivity contribution in [2.24, 2.45) is 0 Å². The minimum absolute atomic E-state index is 0.0442. The van der Waals surface area contributed by atoms with Gasteiger partial charge in [0.25, 0.3) is 5.91 Å². The Hall–Kier alpha value is -2.39. The maximum Gasteiger partial charge on any atom is 0.267 e. The van der Waals surface area contributed by atoms with E-state index >= 15 is 0 Å². The average molecular weight is 504 g/mol. The van der Waals surface area contributed by atoms with Gasteiger partial charge in [-0.05, 0) is 48.4 Å². The summed E-state index contributed by atoms with van der Waals surface area (Å²) in [6, 6.07) is 8.70. The zero-order chi connectivity index (χ0) is 22.9. The monoisotopic (exact) mass is 502 g/mol. The molecule has 0 unspecified atom stereocenters. The van der Waals surface area contributed by atoms with Gasteiger partial charge in [-0.25, -0.2) is 22.5 Å². The van der Waals surface area contributed by atoms with E-state index in [0.29, 0.717) is 16.7 Å². The molecular formula is C20H14Cl3FN2O4S. The molecule has 3 aromatic rings. The molecule has 0 bridgehead atoms. The minimum atomic E-state index is -3.83. The molecule has 1 N–H and O–H groups in total. The molecule has 0 spiro atoms. The average Bonchev–Trinajstić information content (AvgIpc) is 2.66. The highest BCUT2D eigenvalue weighted by Gasteiger charge is 2.19. The highest BCUT2D eigenvalue weighted by Crippen LogP contribution is 2.38. The van der Waals surface area contributed by atoms with Crippen molar-refractivity contribution in [1.82, 2.24) is 9.71 Å². The quantitative estimate of drug-likeness (QED) is 0.487. The van der Waals surface area contributed by atoms with Crippen LogP contribution in [0, 0.1) is 12.7 Å². The van der Waals surface area contributed by atoms with Crippen molar-refractivity contribution in [2.75, 3.05) is 6.26 Å². The number of nitrogens with one attached hydrogen (secondary N) is 1. The second-order valence-electron chi connectivity index (χ2n) is 6.51. The van der Waals surface area contributed by atoms with E-state index in [2.05, 4.69) is 4.98 Å². The molecule has 1 amide bonds. The van der Waals surface area contributed by atoms with Gasteiger partial charge in [-0.15, -0.1) is 0 Å². The Kier molecular flexibility index (Phi) is 6.76. The Morgan fingerprint density at radius 1 is 1.10 bits per heavy atom. The zero-order valence-electron chi connectivity index (χ0n) is 16.0. The molecule has 1 aromatic heterocycles. The van der Waals surface area contributed by atoms with Crippen LogP contribution in [0.4, 0.5) is 4.39 Å². The van der Waals surface area contributed by atoms with Crippen molar-refractivity contribution in [1.29, 1.82) is 0 Å². The molecule has 0 fully saturated rings. The van der Waals surface area contributed by atoms with Crippen LogP contribution in [0.5, 0.6) is 11.6 Å². The van der Waals surface area contributed by atoms with Gasteiger partial charge in [0.15, 0.2) is 5.75 Å². The number of halogens is 4. The second-order valence-corrected chi connectivity index (χ2v) is 9.48. The lowest BCUT2D eigenvalue weighted by Crippen LogP contribution is -2.30. The van der Waals surface area contributed by atoms with Crippen LogP contribution < -0.4 is 9.46 Å². The summed E-state index contributed by atoms with van der Waals surface area (Å²) in [6.45, 7) is 1.63. The lowest BCUT2D eigenvalue weighted by atomic mass is 9.99. The van der Waals surface area contributed by atoms with Crippen LogP contribution in [-0.4, -0.2) is 25.6 Å². The van der Waals surface area contributed by atoms with Crippen LogP contribution in [0.1, 0.15) is 15.9 Å². The largest absolute Gasteiger partial charge is 0.434 e. The Morgan fingerprint density at radius 3 is 2.32 bits per heavy atom. The van der Waals surface area contributed by atoms with Crippen molar-refractivity contribution in [3.05, 3.63) is 74.6 Å². The number of hydrogen-bond acceptors (Lipinski definition) is 5. The fraction of sp³-hybridized carbons (Fsp3) is 0.100. The first-order valence-electron chi connectivity index (χ1n) is 8.56. The van der Waals surface area contributed by atoms with E-state index in [1.165, 1.54) is 18.3 Å². The summed E-state index contributed by atoms with van der Waals surface area (Å²) >= 11 is 18.5. The number of amides is 1. The van der Waals surface area contributed by atoms with Gasteiger partial charge in [0, 0.05) is 11.8 Å². The summed E-state index contributed by atoms with van der Waals surface area (Å²) in [6.07, 6.45) is 2.21. The number of carbonyl (C=O) groups excluding carboxylic acids is 1. The molecular weight excluding hydrogens is 490 g/mol. The van der Waals surface area contributed by atoms with Crippen molar-refractivity contribution < 1.29 is 22.3 Å². The number of aryl methyl sites for hydroxylation is 1. The molecule has 0 atom stereocenters. The number of rotatable bonds is 5. The number of para-hydroxylation sites is 1. The summed E-state index contributed by atoms with van der Waals surface area (Å²) in [5.41, 5.74) is 0.957. The fourth-order valence-corrected chi connectivity index (χ4v) is 3.84. The Labute approximate surface area is 193 Å². The van der Waals surface area contributed by atoms with E-state index in [0.717, 1.165) is 12.3 Å². The first-order chi connectivity index (χ1) is 14.5. The highest BCUT2D eigenvalue weighted by molar-refractivity contribution is 7.89. The smallest absolute Gasteiger partial charge is 0.267 e. The van der Waals surface area contributed by atoms with Gasteiger partial charge in [-0.3, -0.25) is 4.79 Å². The molecule has 0 aliphatic carbocycles. The Morgan fingerprint density at radius 2 is 1.74 bits per heavy atom. The second kappa shape index (κ2) is 9.00. The highest BCUT2D eigenvalue weighted by atomic mass is 35.5. The predicted octanol–water partition coefficient (Wildman–Crippen LogP) is 5.64. The number of ether oxygens (including phenoxy) is 1. The number of pyridine rings is 1. The number of aromatic nitrogens is 1. The van der Waals surface area contributed by atoms with Crippen LogP contribution in [-0.2, 0) is 10.0 Å². The number of benzene rings is 2. The van der Waals surface area contributed by atoms with Gasteiger partial charge in [0.05, 0.1) is 21.9 Å². The number of sulfonamides is 1. The van der Waals surface area contributed by atoms with Gasteiger partial charge in [-0.1, -0.05) is 40.9 Å². The zero-order valence-corrected chi connectivity index (χ0v) is 19.1. The molecule has 11 heteroatoms. The summed E-state index contributed by atoms with van der Waals surface area (Å²) in [4.78, 5) is 16.2. The normalized spacial score (nSPS) is 11.3. The lowest BCUT2D eigenvalue weighted by Gasteiger charge is -2.13. The van der Waals surface area contributed by atoms with Crippen LogP contribution in [0.25, 0.3) is 11.1 Å². The summed E-state index contributed by atoms with van der Waals surface area (Å²) in [5, 5.41) is 0.665. The molecule has 0 radical (unpaired) electrons. The molecule has 0 saturated carbocycles. The molecule has 0 aliphatic heterocycles. The van der Waals surface area contributed by atoms with Gasteiger partial charge >= 0.3 is 0 Å².